The number of nitrogens with two attached hydrogens (primary N) is 1. The predicted octanol–water partition coefficient (Wildman–Crippen LogP) is 6.17. The van der Waals surface area contributed by atoms with E-state index in [1.807, 2.05) is 68.4 Å². The zero-order chi connectivity index (χ0) is 38.2. The third-order valence-corrected chi connectivity index (χ3v) is 9.98. The normalized spacial score (nSPS) is 19.6. The summed E-state index contributed by atoms with van der Waals surface area (Å²) in [4.78, 5) is 61.3. The molecule has 5 aromatic rings. The molecular weight excluding hydrogens is 688 g/mol. The van der Waals surface area contributed by atoms with E-state index in [2.05, 4.69) is 16.0 Å². The number of aryl methyl sites for hydroxylation is 2. The molecule has 0 aliphatic heterocycles. The minimum Gasteiger partial charge on any atom is -0.445 e. The van der Waals surface area contributed by atoms with Gasteiger partial charge in [0.25, 0.3) is 11.8 Å². The molecule has 2 saturated carbocycles. The van der Waals surface area contributed by atoms with Gasteiger partial charge in [-0.2, -0.15) is 0 Å². The zero-order valence-corrected chi connectivity index (χ0v) is 30.5. The molecule has 2 fully saturated rings. The molecule has 0 spiro atoms. The molecule has 0 unspecified atom stereocenters. The Hall–Kier alpha value is -5.75. The number of carbonyl (C=O) groups is 3. The van der Waals surface area contributed by atoms with Gasteiger partial charge in [-0.1, -0.05) is 54.6 Å². The molecule has 0 radical (unpaired) electrons. The van der Waals surface area contributed by atoms with E-state index in [1.165, 1.54) is 0 Å². The largest absolute Gasteiger partial charge is 0.445 e. The van der Waals surface area contributed by atoms with Gasteiger partial charge in [0.1, 0.15) is 28.9 Å². The molecule has 2 aromatic heterocycles. The van der Waals surface area contributed by atoms with Crippen LogP contribution in [0.1, 0.15) is 88.8 Å². The summed E-state index contributed by atoms with van der Waals surface area (Å²) < 4.78 is 15.9. The van der Waals surface area contributed by atoms with Crippen molar-refractivity contribution in [3.05, 3.63) is 128 Å². The smallest absolute Gasteiger partial charge is 0.407 e. The maximum Gasteiger partial charge on any atom is 0.407 e. The van der Waals surface area contributed by atoms with E-state index in [0.717, 1.165) is 60.6 Å². The molecule has 12 heteroatoms. The lowest BCUT2D eigenvalue weighted by Gasteiger charge is -2.29. The summed E-state index contributed by atoms with van der Waals surface area (Å²) >= 11 is 0. The fourth-order valence-electron chi connectivity index (χ4n) is 6.86. The van der Waals surface area contributed by atoms with Gasteiger partial charge in [0, 0.05) is 34.9 Å². The monoisotopic (exact) mass is 734 g/mol. The van der Waals surface area contributed by atoms with Crippen LogP contribution in [0.5, 0.6) is 0 Å². The second-order valence-corrected chi connectivity index (χ2v) is 14.3. The molecule has 2 heterocycles. The summed E-state index contributed by atoms with van der Waals surface area (Å²) in [6, 6.07) is 24.0. The second-order valence-electron chi connectivity index (χ2n) is 14.3. The van der Waals surface area contributed by atoms with Crippen LogP contribution < -0.4 is 32.9 Å². The highest BCUT2D eigenvalue weighted by Gasteiger charge is 2.26. The topological polar surface area (TPSA) is 183 Å². The first-order valence-electron chi connectivity index (χ1n) is 18.4. The Morgan fingerprint density at radius 2 is 1.07 bits per heavy atom. The highest BCUT2D eigenvalue weighted by atomic mass is 16.5. The van der Waals surface area contributed by atoms with Gasteiger partial charge in [0.15, 0.2) is 0 Å². The van der Waals surface area contributed by atoms with E-state index in [1.54, 1.807) is 24.3 Å². The molecule has 5 N–H and O–H groups in total. The van der Waals surface area contributed by atoms with Gasteiger partial charge in [-0.25, -0.2) is 14.4 Å². The predicted molar refractivity (Wildman–Crippen MR) is 205 cm³/mol. The van der Waals surface area contributed by atoms with E-state index in [-0.39, 0.29) is 47.8 Å². The molecule has 12 nitrogen and oxygen atoms in total. The van der Waals surface area contributed by atoms with E-state index in [0.29, 0.717) is 29.4 Å². The minimum absolute atomic E-state index is 0.000374. The number of hydrogen-bond donors (Lipinski definition) is 4. The van der Waals surface area contributed by atoms with Gasteiger partial charge in [-0.05, 0) is 106 Å². The molecular formula is C42H46N4O8. The SMILES string of the molecule is Cc1ccc2cc(C(=O)NC3CCC(N)CC3)c(=O)oc2c1.Cc1ccc2cc(C(=O)NC3CCC(NC(=O)OCc4ccccc4)CC3)c(=O)oc2c1. The van der Waals surface area contributed by atoms with E-state index >= 15 is 0 Å². The van der Waals surface area contributed by atoms with Crippen LogP contribution in [0.15, 0.2) is 97.3 Å². The molecule has 0 atom stereocenters. The average Bonchev–Trinajstić information content (AvgIpc) is 3.15. The van der Waals surface area contributed by atoms with Gasteiger partial charge in [0.2, 0.25) is 0 Å². The van der Waals surface area contributed by atoms with Crippen LogP contribution >= 0.6 is 0 Å². The lowest BCUT2D eigenvalue weighted by molar-refractivity contribution is 0.0911. The van der Waals surface area contributed by atoms with Gasteiger partial charge in [0.05, 0.1) is 0 Å². The van der Waals surface area contributed by atoms with Crippen molar-refractivity contribution in [3.63, 3.8) is 0 Å². The van der Waals surface area contributed by atoms with Crippen LogP contribution in [0.3, 0.4) is 0 Å². The maximum absolute atomic E-state index is 12.7. The number of rotatable bonds is 7. The van der Waals surface area contributed by atoms with Gasteiger partial charge >= 0.3 is 17.3 Å². The Kier molecular flexibility index (Phi) is 12.2. The van der Waals surface area contributed by atoms with Crippen molar-refractivity contribution in [2.45, 2.75) is 96.0 Å². The quantitative estimate of drug-likeness (QED) is 0.142. The number of hydrogen-bond acceptors (Lipinski definition) is 9. The first kappa shape index (κ1) is 38.0. The van der Waals surface area contributed by atoms with Gasteiger partial charge in [-0.3, -0.25) is 9.59 Å². The van der Waals surface area contributed by atoms with Crippen LogP contribution in [0.4, 0.5) is 4.79 Å². The maximum atomic E-state index is 12.7. The summed E-state index contributed by atoms with van der Waals surface area (Å²) in [6.45, 7) is 4.06. The highest BCUT2D eigenvalue weighted by molar-refractivity contribution is 5.97. The highest BCUT2D eigenvalue weighted by Crippen LogP contribution is 2.21. The van der Waals surface area contributed by atoms with Crippen LogP contribution in [-0.4, -0.2) is 42.1 Å². The Labute approximate surface area is 312 Å². The Bertz CT molecular complexity index is 2230. The van der Waals surface area contributed by atoms with Crippen molar-refractivity contribution in [1.82, 2.24) is 16.0 Å². The second kappa shape index (κ2) is 17.4. The molecule has 0 bridgehead atoms. The average molecular weight is 735 g/mol. The van der Waals surface area contributed by atoms with E-state index in [9.17, 15) is 24.0 Å². The summed E-state index contributed by atoms with van der Waals surface area (Å²) in [5.74, 6) is -0.795. The van der Waals surface area contributed by atoms with Gasteiger partial charge in [-0.15, -0.1) is 0 Å². The summed E-state index contributed by atoms with van der Waals surface area (Å²) in [7, 11) is 0. The number of carbonyl (C=O) groups excluding carboxylic acids is 3. The first-order valence-corrected chi connectivity index (χ1v) is 18.4. The summed E-state index contributed by atoms with van der Waals surface area (Å²) in [5.41, 5.74) is 8.58. The van der Waals surface area contributed by atoms with Crippen molar-refractivity contribution in [1.29, 1.82) is 0 Å². The van der Waals surface area contributed by atoms with Crippen LogP contribution in [0.25, 0.3) is 21.9 Å². The number of benzene rings is 3. The van der Waals surface area contributed by atoms with Crippen LogP contribution in [0, 0.1) is 13.8 Å². The zero-order valence-electron chi connectivity index (χ0n) is 30.5. The first-order chi connectivity index (χ1) is 26.0. The van der Waals surface area contributed by atoms with Crippen molar-refractivity contribution in [2.75, 3.05) is 0 Å². The fourth-order valence-corrected chi connectivity index (χ4v) is 6.86. The standard InChI is InChI=1S/C25H26N2O5.C17H20N2O3/c1-16-7-8-18-14-21(24(29)32-22(18)13-16)23(28)26-19-9-11-20(12-10-19)27-25(30)31-15-17-5-3-2-4-6-17;1-10-2-3-11-9-14(17(21)22-15(11)8-10)16(20)19-13-6-4-12(18)5-7-13/h2-8,13-14,19-20H,9-12,15H2,1H3,(H,26,28)(H,27,30);2-3,8-9,12-13H,4-7,18H2,1H3,(H,19,20). The van der Waals surface area contributed by atoms with Crippen molar-refractivity contribution < 1.29 is 28.0 Å². The molecule has 7 rings (SSSR count). The van der Waals surface area contributed by atoms with Gasteiger partial charge < -0.3 is 35.3 Å². The molecule has 3 amide bonds. The van der Waals surface area contributed by atoms with Crippen LogP contribution in [0.2, 0.25) is 0 Å². The molecule has 54 heavy (non-hydrogen) atoms. The Morgan fingerprint density at radius 1 is 0.630 bits per heavy atom. The Balaban J connectivity index is 0.000000197. The van der Waals surface area contributed by atoms with E-state index in [4.69, 9.17) is 19.3 Å². The summed E-state index contributed by atoms with van der Waals surface area (Å²) in [5, 5.41) is 10.2. The lowest BCUT2D eigenvalue weighted by atomic mass is 9.91. The van der Waals surface area contributed by atoms with Crippen molar-refractivity contribution in [2.24, 2.45) is 5.73 Å². The van der Waals surface area contributed by atoms with Crippen molar-refractivity contribution in [3.8, 4) is 0 Å². The fraction of sp³-hybridized carbons (Fsp3) is 0.357. The van der Waals surface area contributed by atoms with Crippen molar-refractivity contribution >= 4 is 39.8 Å². The lowest BCUT2D eigenvalue weighted by Crippen LogP contribution is -2.44. The van der Waals surface area contributed by atoms with Crippen LogP contribution in [-0.2, 0) is 11.3 Å². The minimum atomic E-state index is -0.642. The number of amides is 3. The third-order valence-electron chi connectivity index (χ3n) is 9.98. The third kappa shape index (κ3) is 10.0. The summed E-state index contributed by atoms with van der Waals surface area (Å²) in [6.07, 6.45) is 5.91. The number of alkyl carbamates (subject to hydrolysis) is 1. The molecule has 0 saturated heterocycles. The number of ether oxygens (including phenoxy) is 1. The van der Waals surface area contributed by atoms with E-state index < -0.39 is 23.3 Å². The molecule has 2 aliphatic carbocycles. The molecule has 3 aromatic carbocycles. The molecule has 282 valence electrons. The number of nitrogens with one attached hydrogen (secondary N) is 3. The Morgan fingerprint density at radius 3 is 1.56 bits per heavy atom. The number of fused-ring (bicyclic) bond motifs is 2. The molecule has 2 aliphatic rings.